The molecule has 0 aromatic heterocycles. The van der Waals surface area contributed by atoms with Crippen molar-refractivity contribution in [2.75, 3.05) is 13.2 Å². The second-order valence-electron chi connectivity index (χ2n) is 9.65. The van der Waals surface area contributed by atoms with E-state index in [1.165, 1.54) is 0 Å². The van der Waals surface area contributed by atoms with Gasteiger partial charge >= 0.3 is 5.97 Å². The SMILES string of the molecule is CC1(C)O[C@@H]2[C@H]3O[C@@](CO[Si](C)(C)C(C)(C)C)(C(=O)O)C[C@H]3OC[C@@H]2O1. The van der Waals surface area contributed by atoms with E-state index in [0.717, 1.165) is 0 Å². The van der Waals surface area contributed by atoms with E-state index in [-0.39, 0.29) is 36.4 Å². The van der Waals surface area contributed by atoms with Crippen molar-refractivity contribution in [3.63, 3.8) is 0 Å². The fourth-order valence-corrected chi connectivity index (χ4v) is 4.58. The molecule has 3 saturated heterocycles. The number of aliphatic carboxylic acids is 1. The fraction of sp³-hybridized carbons (Fsp3) is 0.944. The molecule has 0 aliphatic carbocycles. The lowest BCUT2D eigenvalue weighted by molar-refractivity contribution is -0.188. The minimum Gasteiger partial charge on any atom is -0.479 e. The van der Waals surface area contributed by atoms with Crippen molar-refractivity contribution in [2.45, 2.75) is 95.0 Å². The van der Waals surface area contributed by atoms with Gasteiger partial charge in [0.15, 0.2) is 19.7 Å². The quantitative estimate of drug-likeness (QED) is 0.741. The first-order valence-corrected chi connectivity index (χ1v) is 12.2. The van der Waals surface area contributed by atoms with Crippen molar-refractivity contribution >= 4 is 14.3 Å². The number of carbonyl (C=O) groups is 1. The van der Waals surface area contributed by atoms with Crippen molar-refractivity contribution in [1.82, 2.24) is 0 Å². The lowest BCUT2D eigenvalue weighted by Gasteiger charge is -2.38. The van der Waals surface area contributed by atoms with Crippen LogP contribution < -0.4 is 0 Å². The molecule has 3 fully saturated rings. The van der Waals surface area contributed by atoms with Crippen LogP contribution in [-0.2, 0) is 28.2 Å². The molecular weight excluding hydrogens is 356 g/mol. The van der Waals surface area contributed by atoms with Crippen LogP contribution in [0.1, 0.15) is 41.0 Å². The smallest absolute Gasteiger partial charge is 0.338 e. The maximum Gasteiger partial charge on any atom is 0.338 e. The Kier molecular flexibility index (Phi) is 4.86. The Morgan fingerprint density at radius 2 is 1.77 bits per heavy atom. The molecule has 8 heteroatoms. The summed E-state index contributed by atoms with van der Waals surface area (Å²) in [7, 11) is -2.10. The molecular formula is C18H32O7Si. The molecule has 1 N–H and O–H groups in total. The van der Waals surface area contributed by atoms with Crippen LogP contribution in [0.4, 0.5) is 0 Å². The number of rotatable bonds is 4. The highest BCUT2D eigenvalue weighted by atomic mass is 28.4. The van der Waals surface area contributed by atoms with Gasteiger partial charge in [-0.3, -0.25) is 0 Å². The molecule has 150 valence electrons. The van der Waals surface area contributed by atoms with Crippen LogP contribution in [0, 0.1) is 0 Å². The summed E-state index contributed by atoms with van der Waals surface area (Å²) < 4.78 is 30.0. The molecule has 0 bridgehead atoms. The standard InChI is InChI=1S/C18H32O7Si/c1-16(2,3)26(6,7)22-10-18(15(19)20)8-11-13(25-18)14-12(9-21-11)23-17(4,5)24-14/h11-14H,8-10H2,1-7H3,(H,19,20)/t11-,12+,13+,14+,18+/m1/s1. The second-order valence-corrected chi connectivity index (χ2v) is 14.5. The van der Waals surface area contributed by atoms with Gasteiger partial charge in [0.25, 0.3) is 0 Å². The topological polar surface area (TPSA) is 83.5 Å². The molecule has 0 aromatic carbocycles. The van der Waals surface area contributed by atoms with E-state index in [9.17, 15) is 9.90 Å². The maximum atomic E-state index is 12.1. The Labute approximate surface area is 156 Å². The van der Waals surface area contributed by atoms with Gasteiger partial charge in [0.05, 0.1) is 19.3 Å². The second kappa shape index (κ2) is 6.25. The minimum atomic E-state index is -2.10. The van der Waals surface area contributed by atoms with Crippen LogP contribution in [0.15, 0.2) is 0 Å². The molecule has 3 heterocycles. The highest BCUT2D eigenvalue weighted by molar-refractivity contribution is 6.74. The van der Waals surface area contributed by atoms with Crippen LogP contribution in [0.25, 0.3) is 0 Å². The molecule has 0 aromatic rings. The van der Waals surface area contributed by atoms with E-state index >= 15 is 0 Å². The molecule has 3 aliphatic rings. The molecule has 7 nitrogen and oxygen atoms in total. The largest absolute Gasteiger partial charge is 0.479 e. The third kappa shape index (κ3) is 3.47. The van der Waals surface area contributed by atoms with Crippen molar-refractivity contribution in [3.05, 3.63) is 0 Å². The van der Waals surface area contributed by atoms with Gasteiger partial charge in [-0.05, 0) is 32.0 Å². The highest BCUT2D eigenvalue weighted by Gasteiger charge is 2.61. The van der Waals surface area contributed by atoms with E-state index in [1.807, 2.05) is 13.8 Å². The van der Waals surface area contributed by atoms with Gasteiger partial charge in [0.2, 0.25) is 0 Å². The van der Waals surface area contributed by atoms with Crippen molar-refractivity contribution in [3.8, 4) is 0 Å². The van der Waals surface area contributed by atoms with Crippen LogP contribution in [0.5, 0.6) is 0 Å². The normalized spacial score (nSPS) is 39.5. The molecule has 26 heavy (non-hydrogen) atoms. The molecule has 0 radical (unpaired) electrons. The Hall–Kier alpha value is -0.513. The van der Waals surface area contributed by atoms with Crippen LogP contribution >= 0.6 is 0 Å². The monoisotopic (exact) mass is 388 g/mol. The van der Waals surface area contributed by atoms with E-state index in [4.69, 9.17) is 23.4 Å². The zero-order valence-electron chi connectivity index (χ0n) is 16.8. The summed E-state index contributed by atoms with van der Waals surface area (Å²) in [6.07, 6.45) is -1.09. The van der Waals surface area contributed by atoms with Gasteiger partial charge in [-0.1, -0.05) is 20.8 Å². The van der Waals surface area contributed by atoms with Gasteiger partial charge in [-0.2, -0.15) is 0 Å². The maximum absolute atomic E-state index is 12.1. The summed E-state index contributed by atoms with van der Waals surface area (Å²) in [6, 6.07) is 0. The predicted molar refractivity (Wildman–Crippen MR) is 96.6 cm³/mol. The average molecular weight is 389 g/mol. The van der Waals surface area contributed by atoms with Gasteiger partial charge in [0, 0.05) is 6.42 Å². The van der Waals surface area contributed by atoms with Gasteiger partial charge in [-0.15, -0.1) is 0 Å². The van der Waals surface area contributed by atoms with E-state index in [2.05, 4.69) is 33.9 Å². The molecule has 0 amide bonds. The Balaban J connectivity index is 1.77. The predicted octanol–water partition coefficient (Wildman–Crippen LogP) is 2.54. The number of carboxylic acid groups (broad SMARTS) is 1. The number of hydrogen-bond acceptors (Lipinski definition) is 6. The summed E-state index contributed by atoms with van der Waals surface area (Å²) in [5.74, 6) is -1.73. The zero-order valence-corrected chi connectivity index (χ0v) is 17.8. The summed E-state index contributed by atoms with van der Waals surface area (Å²) in [5, 5.41) is 9.93. The first-order valence-electron chi connectivity index (χ1n) is 9.29. The van der Waals surface area contributed by atoms with E-state index in [1.54, 1.807) is 0 Å². The average Bonchev–Trinajstić information content (AvgIpc) is 3.00. The van der Waals surface area contributed by atoms with E-state index < -0.39 is 31.8 Å². The molecule has 0 unspecified atom stereocenters. The van der Waals surface area contributed by atoms with Crippen molar-refractivity contribution < 1.29 is 33.3 Å². The molecule has 3 rings (SSSR count). The van der Waals surface area contributed by atoms with Gasteiger partial charge < -0.3 is 28.5 Å². The molecule has 0 spiro atoms. The summed E-state index contributed by atoms with van der Waals surface area (Å²) in [5.41, 5.74) is -1.41. The third-order valence-corrected chi connectivity index (χ3v) is 10.6. The fourth-order valence-electron chi connectivity index (χ4n) is 3.55. The number of ether oxygens (including phenoxy) is 4. The minimum absolute atomic E-state index is 0.00786. The molecule has 0 saturated carbocycles. The van der Waals surface area contributed by atoms with Gasteiger partial charge in [0.1, 0.15) is 18.3 Å². The van der Waals surface area contributed by atoms with Gasteiger partial charge in [-0.25, -0.2) is 4.79 Å². The van der Waals surface area contributed by atoms with Crippen LogP contribution in [0.3, 0.4) is 0 Å². The molecule has 3 aliphatic heterocycles. The van der Waals surface area contributed by atoms with Crippen LogP contribution in [-0.4, -0.2) is 68.4 Å². The lowest BCUT2D eigenvalue weighted by Crippen LogP contribution is -2.51. The molecule has 5 atom stereocenters. The van der Waals surface area contributed by atoms with Crippen molar-refractivity contribution in [2.24, 2.45) is 0 Å². The Bertz CT molecular complexity index is 570. The van der Waals surface area contributed by atoms with Crippen molar-refractivity contribution in [1.29, 1.82) is 0 Å². The summed E-state index contributed by atoms with van der Waals surface area (Å²) >= 11 is 0. The van der Waals surface area contributed by atoms with Crippen LogP contribution in [0.2, 0.25) is 18.1 Å². The van der Waals surface area contributed by atoms with E-state index in [0.29, 0.717) is 6.61 Å². The Morgan fingerprint density at radius 3 is 2.35 bits per heavy atom. The summed E-state index contributed by atoms with van der Waals surface area (Å²) in [4.78, 5) is 12.1. The summed E-state index contributed by atoms with van der Waals surface area (Å²) in [6.45, 7) is 14.7. The highest BCUT2D eigenvalue weighted by Crippen LogP contribution is 2.45. The Morgan fingerprint density at radius 1 is 1.15 bits per heavy atom. The number of carboxylic acids is 1. The first-order chi connectivity index (χ1) is 11.8. The number of hydrogen-bond donors (Lipinski definition) is 1. The zero-order chi connectivity index (χ0) is 19.5. The third-order valence-electron chi connectivity index (χ3n) is 6.14. The first kappa shape index (κ1) is 20.2. The number of fused-ring (bicyclic) bond motifs is 3. The lowest BCUT2D eigenvalue weighted by atomic mass is 9.95.